The van der Waals surface area contributed by atoms with Gasteiger partial charge in [-0.2, -0.15) is 0 Å². The Labute approximate surface area is 342 Å². The molecule has 4 aliphatic rings. The van der Waals surface area contributed by atoms with Crippen molar-refractivity contribution in [1.29, 1.82) is 0 Å². The molecule has 0 saturated carbocycles. The Bertz CT molecular complexity index is 3030. The normalized spacial score (nSPS) is 17.9. The summed E-state index contributed by atoms with van der Waals surface area (Å²) in [5, 5.41) is 0. The van der Waals surface area contributed by atoms with E-state index in [9.17, 15) is 0 Å². The van der Waals surface area contributed by atoms with Gasteiger partial charge in [-0.1, -0.05) is 167 Å². The third kappa shape index (κ3) is 4.37. The van der Waals surface area contributed by atoms with E-state index in [-0.39, 0.29) is 16.2 Å². The predicted octanol–water partition coefficient (Wildman–Crippen LogP) is 14.7. The van der Waals surface area contributed by atoms with Crippen molar-refractivity contribution in [3.8, 4) is 44.5 Å². The molecule has 1 nitrogen and oxygen atoms in total. The fraction of sp³-hybridized carbons (Fsp3) is 0.158. The lowest BCUT2D eigenvalue weighted by atomic mass is 9.73. The quantitative estimate of drug-likeness (QED) is 0.173. The number of hydrogen-bond acceptors (Lipinski definition) is 1. The molecular weight excluding hydrogens is 699 g/mol. The number of hydrogen-bond donors (Lipinski definition) is 0. The van der Waals surface area contributed by atoms with Crippen molar-refractivity contribution in [3.05, 3.63) is 220 Å². The van der Waals surface area contributed by atoms with Crippen molar-refractivity contribution in [1.82, 2.24) is 0 Å². The second kappa shape index (κ2) is 11.8. The molecule has 0 amide bonds. The zero-order valence-electron chi connectivity index (χ0n) is 33.6. The monoisotopic (exact) mass is 743 g/mol. The van der Waals surface area contributed by atoms with E-state index >= 15 is 0 Å². The zero-order chi connectivity index (χ0) is 39.0. The Balaban J connectivity index is 1.08. The van der Waals surface area contributed by atoms with Gasteiger partial charge in [-0.05, 0) is 138 Å². The van der Waals surface area contributed by atoms with E-state index in [0.717, 1.165) is 18.5 Å². The van der Waals surface area contributed by atoms with Crippen LogP contribution in [0.4, 0.5) is 17.1 Å². The topological polar surface area (TPSA) is 3.24 Å². The minimum atomic E-state index is -0.168. The van der Waals surface area contributed by atoms with E-state index in [1.165, 1.54) is 100 Å². The van der Waals surface area contributed by atoms with E-state index in [1.807, 2.05) is 0 Å². The molecule has 12 rings (SSSR count). The molecule has 0 heterocycles. The Kier molecular flexibility index (Phi) is 6.86. The van der Waals surface area contributed by atoms with Crippen LogP contribution in [0.1, 0.15) is 78.6 Å². The molecule has 0 N–H and O–H groups in total. The highest BCUT2D eigenvalue weighted by Crippen LogP contribution is 2.60. The third-order valence-corrected chi connectivity index (χ3v) is 14.5. The number of aryl methyl sites for hydroxylation is 1. The number of benzene rings is 8. The molecule has 0 radical (unpaired) electrons. The molecule has 0 aromatic heterocycles. The molecule has 58 heavy (non-hydrogen) atoms. The zero-order valence-corrected chi connectivity index (χ0v) is 33.6. The standard InChI is InChI=1S/C57H45N/c1-55(2)49-24-10-6-18-42(49)45-29-27-39(34-52(45)55)58(38-17-13-16-37(33-38)41-21-14-22-47-44-20-7-11-25-50(44)56(3,4)54(41)47)40-28-30-46-43-19-8-12-26-51(43)57(53(46)35-40)32-31-36-15-5-9-23-48(36)57/h5-30,33-35H,31-32H2,1-4H3. The Morgan fingerprint density at radius 2 is 0.862 bits per heavy atom. The van der Waals surface area contributed by atoms with Crippen molar-refractivity contribution < 1.29 is 0 Å². The first-order valence-corrected chi connectivity index (χ1v) is 21.0. The van der Waals surface area contributed by atoms with Crippen LogP contribution in [0.5, 0.6) is 0 Å². The average molecular weight is 744 g/mol. The summed E-state index contributed by atoms with van der Waals surface area (Å²) in [4.78, 5) is 2.53. The number of nitrogens with zero attached hydrogens (tertiary/aromatic N) is 1. The van der Waals surface area contributed by atoms with Crippen LogP contribution in [0.3, 0.4) is 0 Å². The smallest absolute Gasteiger partial charge is 0.0470 e. The third-order valence-electron chi connectivity index (χ3n) is 14.5. The molecule has 1 unspecified atom stereocenters. The minimum Gasteiger partial charge on any atom is -0.310 e. The lowest BCUT2D eigenvalue weighted by molar-refractivity contribution is 0.626. The van der Waals surface area contributed by atoms with Gasteiger partial charge in [0.1, 0.15) is 0 Å². The summed E-state index contributed by atoms with van der Waals surface area (Å²) in [6, 6.07) is 67.0. The van der Waals surface area contributed by atoms with Gasteiger partial charge in [-0.25, -0.2) is 0 Å². The van der Waals surface area contributed by atoms with Crippen molar-refractivity contribution in [2.45, 2.75) is 56.8 Å². The summed E-state index contributed by atoms with van der Waals surface area (Å²) in [5.41, 5.74) is 25.2. The van der Waals surface area contributed by atoms with Crippen molar-refractivity contribution >= 4 is 17.1 Å². The summed E-state index contributed by atoms with van der Waals surface area (Å²) in [6.07, 6.45) is 2.17. The molecule has 4 aliphatic carbocycles. The largest absolute Gasteiger partial charge is 0.310 e. The number of rotatable bonds is 4. The van der Waals surface area contributed by atoms with Crippen LogP contribution >= 0.6 is 0 Å². The lowest BCUT2D eigenvalue weighted by Gasteiger charge is -2.32. The molecule has 0 saturated heterocycles. The lowest BCUT2D eigenvalue weighted by Crippen LogP contribution is -2.24. The molecule has 8 aromatic rings. The van der Waals surface area contributed by atoms with Crippen LogP contribution in [0.25, 0.3) is 44.5 Å². The van der Waals surface area contributed by atoms with E-state index in [0.29, 0.717) is 0 Å². The first-order chi connectivity index (χ1) is 28.3. The maximum Gasteiger partial charge on any atom is 0.0470 e. The highest BCUT2D eigenvalue weighted by Gasteiger charge is 2.48. The summed E-state index contributed by atoms with van der Waals surface area (Å²) >= 11 is 0. The van der Waals surface area contributed by atoms with Gasteiger partial charge in [0.25, 0.3) is 0 Å². The van der Waals surface area contributed by atoms with Crippen LogP contribution < -0.4 is 4.90 Å². The van der Waals surface area contributed by atoms with Crippen LogP contribution in [-0.2, 0) is 22.7 Å². The summed E-state index contributed by atoms with van der Waals surface area (Å²) in [5.74, 6) is 0. The summed E-state index contributed by atoms with van der Waals surface area (Å²) in [7, 11) is 0. The van der Waals surface area contributed by atoms with E-state index in [4.69, 9.17) is 0 Å². The van der Waals surface area contributed by atoms with Gasteiger partial charge >= 0.3 is 0 Å². The molecular formula is C57H45N. The molecule has 0 fully saturated rings. The highest BCUT2D eigenvalue weighted by molar-refractivity contribution is 5.92. The van der Waals surface area contributed by atoms with Gasteiger partial charge in [0.05, 0.1) is 0 Å². The number of anilines is 3. The molecule has 0 aliphatic heterocycles. The first-order valence-electron chi connectivity index (χ1n) is 21.0. The van der Waals surface area contributed by atoms with Gasteiger partial charge in [0.2, 0.25) is 0 Å². The highest BCUT2D eigenvalue weighted by atomic mass is 15.1. The van der Waals surface area contributed by atoms with E-state index < -0.39 is 0 Å². The average Bonchev–Trinajstić information content (AvgIpc) is 3.93. The van der Waals surface area contributed by atoms with Gasteiger partial charge in [0.15, 0.2) is 0 Å². The Hall–Kier alpha value is -6.44. The molecule has 0 bridgehead atoms. The summed E-state index contributed by atoms with van der Waals surface area (Å²) in [6.45, 7) is 9.55. The second-order valence-electron chi connectivity index (χ2n) is 18.0. The molecule has 1 heteroatoms. The van der Waals surface area contributed by atoms with Crippen molar-refractivity contribution in [2.24, 2.45) is 0 Å². The number of fused-ring (bicyclic) bond motifs is 13. The van der Waals surface area contributed by atoms with Crippen LogP contribution in [0.15, 0.2) is 176 Å². The van der Waals surface area contributed by atoms with Crippen molar-refractivity contribution in [2.75, 3.05) is 4.90 Å². The van der Waals surface area contributed by atoms with E-state index in [1.54, 1.807) is 0 Å². The van der Waals surface area contributed by atoms with Crippen LogP contribution in [0, 0.1) is 0 Å². The SMILES string of the molecule is CC1(C)c2ccccc2-c2ccc(N(c3cccc(-c4cccc5c4C(C)(C)c4ccccc4-5)c3)c3ccc4c(c3)C3(CCc5ccccc53)c3ccccc3-4)cc21. The van der Waals surface area contributed by atoms with Crippen LogP contribution in [0.2, 0.25) is 0 Å². The fourth-order valence-corrected chi connectivity index (χ4v) is 11.8. The Morgan fingerprint density at radius 1 is 0.362 bits per heavy atom. The maximum atomic E-state index is 2.54. The van der Waals surface area contributed by atoms with Gasteiger partial charge < -0.3 is 4.90 Å². The predicted molar refractivity (Wildman–Crippen MR) is 242 cm³/mol. The molecule has 1 atom stereocenters. The van der Waals surface area contributed by atoms with Gasteiger partial charge in [-0.3, -0.25) is 0 Å². The first kappa shape index (κ1) is 33.7. The van der Waals surface area contributed by atoms with Gasteiger partial charge in [0, 0.05) is 33.3 Å². The minimum absolute atomic E-state index is 0.111. The Morgan fingerprint density at radius 3 is 1.60 bits per heavy atom. The van der Waals surface area contributed by atoms with Crippen LogP contribution in [-0.4, -0.2) is 0 Å². The molecule has 278 valence electrons. The van der Waals surface area contributed by atoms with Gasteiger partial charge in [-0.15, -0.1) is 0 Å². The molecule has 1 spiro atoms. The maximum absolute atomic E-state index is 2.54. The summed E-state index contributed by atoms with van der Waals surface area (Å²) < 4.78 is 0. The fourth-order valence-electron chi connectivity index (χ4n) is 11.8. The van der Waals surface area contributed by atoms with E-state index in [2.05, 4.69) is 209 Å². The van der Waals surface area contributed by atoms with Crippen molar-refractivity contribution in [3.63, 3.8) is 0 Å². The second-order valence-corrected chi connectivity index (χ2v) is 18.0. The molecule has 8 aromatic carbocycles.